The lowest BCUT2D eigenvalue weighted by Crippen LogP contribution is -2.29. The van der Waals surface area contributed by atoms with E-state index in [0.29, 0.717) is 28.1 Å². The molecule has 160 valence electrons. The Morgan fingerprint density at radius 2 is 2.00 bits per heavy atom. The molecule has 1 amide bonds. The molecule has 0 atom stereocenters. The molecule has 0 spiro atoms. The van der Waals surface area contributed by atoms with E-state index in [1.54, 1.807) is 25.0 Å². The fourth-order valence-electron chi connectivity index (χ4n) is 3.00. The molecule has 9 heteroatoms. The number of benzene rings is 1. The van der Waals surface area contributed by atoms with Gasteiger partial charge in [0.2, 0.25) is 0 Å². The topological polar surface area (TPSA) is 59.1 Å². The van der Waals surface area contributed by atoms with E-state index in [2.05, 4.69) is 6.92 Å². The number of carbonyl (C=O) groups excluding carboxylic acids is 2. The molecule has 1 aromatic rings. The lowest BCUT2D eigenvalue weighted by Gasteiger charge is -2.19. The number of nitrogens with zero attached hydrogens (tertiary/aromatic N) is 2. The molecular formula is C21H24N2O4S3. The summed E-state index contributed by atoms with van der Waals surface area (Å²) >= 11 is 8.22. The van der Waals surface area contributed by atoms with Crippen molar-refractivity contribution in [2.24, 2.45) is 0 Å². The van der Waals surface area contributed by atoms with Gasteiger partial charge in [0, 0.05) is 17.5 Å². The average Bonchev–Trinajstić information content (AvgIpc) is 3.21. The van der Waals surface area contributed by atoms with Crippen LogP contribution in [-0.2, 0) is 14.3 Å². The zero-order valence-electron chi connectivity index (χ0n) is 17.2. The van der Waals surface area contributed by atoms with E-state index in [9.17, 15) is 9.59 Å². The lowest BCUT2D eigenvalue weighted by atomic mass is 10.2. The second kappa shape index (κ2) is 10.4. The number of rotatable bonds is 8. The second-order valence-corrected chi connectivity index (χ2v) is 9.28. The minimum Gasteiger partial charge on any atom is -0.497 e. The number of thiocarbonyl (C=S) groups is 1. The van der Waals surface area contributed by atoms with Crippen LogP contribution >= 0.6 is 35.7 Å². The number of thioether (sulfide) groups is 2. The molecule has 1 aromatic carbocycles. The largest absolute Gasteiger partial charge is 0.497 e. The summed E-state index contributed by atoms with van der Waals surface area (Å²) in [5.74, 6) is 0.334. The van der Waals surface area contributed by atoms with Gasteiger partial charge in [0.05, 0.1) is 29.3 Å². The SMILES string of the molecule is CCCCN1C(=O)/C(=C/C=C2/Sc3ccc(OC)cc3N2CC(=O)OCC)SC1=S. The minimum atomic E-state index is -0.314. The molecular weight excluding hydrogens is 440 g/mol. The lowest BCUT2D eigenvalue weighted by molar-refractivity contribution is -0.141. The Hall–Kier alpha value is -1.97. The number of unbranched alkanes of at least 4 members (excludes halogenated alkanes) is 1. The number of hydrogen-bond acceptors (Lipinski definition) is 8. The van der Waals surface area contributed by atoms with Gasteiger partial charge in [0.25, 0.3) is 5.91 Å². The molecule has 2 aliphatic rings. The maximum absolute atomic E-state index is 12.7. The Labute approximate surface area is 190 Å². The number of anilines is 1. The molecule has 2 aliphatic heterocycles. The normalized spacial score (nSPS) is 18.5. The number of ether oxygens (including phenoxy) is 2. The van der Waals surface area contributed by atoms with Crippen LogP contribution < -0.4 is 9.64 Å². The summed E-state index contributed by atoms with van der Waals surface area (Å²) in [7, 11) is 1.61. The van der Waals surface area contributed by atoms with Crippen molar-refractivity contribution in [1.82, 2.24) is 4.90 Å². The standard InChI is InChI=1S/C21H24N2O4S3/c1-4-6-11-22-20(25)17(30-21(22)28)9-10-18-23(13-19(24)27-5-2)15-12-14(26-3)7-8-16(15)29-18/h7-10,12H,4-6,11,13H2,1-3H3/b17-9-,18-10+. The highest BCUT2D eigenvalue weighted by Crippen LogP contribution is 2.47. The first-order chi connectivity index (χ1) is 14.5. The quantitative estimate of drug-likeness (QED) is 0.315. The molecule has 2 heterocycles. The highest BCUT2D eigenvalue weighted by atomic mass is 32.2. The number of fused-ring (bicyclic) bond motifs is 1. The summed E-state index contributed by atoms with van der Waals surface area (Å²) in [6, 6.07) is 5.74. The predicted molar refractivity (Wildman–Crippen MR) is 126 cm³/mol. The van der Waals surface area contributed by atoms with Crippen LogP contribution in [0, 0.1) is 0 Å². The molecule has 30 heavy (non-hydrogen) atoms. The minimum absolute atomic E-state index is 0.0607. The first kappa shape index (κ1) is 22.7. The number of amides is 1. The predicted octanol–water partition coefficient (Wildman–Crippen LogP) is 4.56. The first-order valence-corrected chi connectivity index (χ1v) is 11.8. The van der Waals surface area contributed by atoms with Gasteiger partial charge in [-0.1, -0.05) is 49.1 Å². The fraction of sp³-hybridized carbons (Fsp3) is 0.381. The Kier molecular flexibility index (Phi) is 7.85. The second-order valence-electron chi connectivity index (χ2n) is 6.54. The Balaban J connectivity index is 1.86. The van der Waals surface area contributed by atoms with E-state index < -0.39 is 0 Å². The number of methoxy groups -OCH3 is 1. The molecule has 3 rings (SSSR count). The van der Waals surface area contributed by atoms with Gasteiger partial charge >= 0.3 is 5.97 Å². The van der Waals surface area contributed by atoms with Crippen molar-refractivity contribution < 1.29 is 19.1 Å². The van der Waals surface area contributed by atoms with E-state index in [1.807, 2.05) is 29.2 Å². The van der Waals surface area contributed by atoms with Crippen molar-refractivity contribution in [2.45, 2.75) is 31.6 Å². The van der Waals surface area contributed by atoms with Crippen molar-refractivity contribution in [1.29, 1.82) is 0 Å². The highest BCUT2D eigenvalue weighted by Gasteiger charge is 2.32. The fourth-order valence-corrected chi connectivity index (χ4v) is 5.29. The maximum atomic E-state index is 12.7. The first-order valence-electron chi connectivity index (χ1n) is 9.73. The molecule has 6 nitrogen and oxygen atoms in total. The number of carbonyl (C=O) groups is 2. The van der Waals surface area contributed by atoms with Gasteiger partial charge in [-0.2, -0.15) is 0 Å². The smallest absolute Gasteiger partial charge is 0.325 e. The third kappa shape index (κ3) is 5.01. The van der Waals surface area contributed by atoms with Crippen molar-refractivity contribution >= 4 is 57.6 Å². The van der Waals surface area contributed by atoms with Crippen LogP contribution in [0.5, 0.6) is 5.75 Å². The summed E-state index contributed by atoms with van der Waals surface area (Å²) in [5.41, 5.74) is 0.877. The van der Waals surface area contributed by atoms with Crippen LogP contribution in [0.2, 0.25) is 0 Å². The molecule has 0 bridgehead atoms. The number of hydrogen-bond donors (Lipinski definition) is 0. The number of allylic oxidation sites excluding steroid dienone is 2. The van der Waals surface area contributed by atoms with Gasteiger partial charge in [0.1, 0.15) is 16.6 Å². The Morgan fingerprint density at radius 3 is 2.70 bits per heavy atom. The van der Waals surface area contributed by atoms with E-state index >= 15 is 0 Å². The van der Waals surface area contributed by atoms with Crippen LogP contribution in [0.1, 0.15) is 26.7 Å². The van der Waals surface area contributed by atoms with E-state index in [-0.39, 0.29) is 18.4 Å². The van der Waals surface area contributed by atoms with Gasteiger partial charge in [-0.15, -0.1) is 0 Å². The maximum Gasteiger partial charge on any atom is 0.325 e. The van der Waals surface area contributed by atoms with Gasteiger partial charge < -0.3 is 14.4 Å². The summed E-state index contributed by atoms with van der Waals surface area (Å²) in [4.78, 5) is 30.0. The zero-order chi connectivity index (χ0) is 21.7. The molecule has 0 N–H and O–H groups in total. The van der Waals surface area contributed by atoms with E-state index in [0.717, 1.165) is 28.5 Å². The molecule has 0 aromatic heterocycles. The van der Waals surface area contributed by atoms with E-state index in [1.165, 1.54) is 23.5 Å². The van der Waals surface area contributed by atoms with Crippen LogP contribution in [0.4, 0.5) is 5.69 Å². The van der Waals surface area contributed by atoms with Crippen molar-refractivity contribution in [3.05, 3.63) is 40.3 Å². The molecule has 0 radical (unpaired) electrons. The third-order valence-electron chi connectivity index (χ3n) is 4.52. The summed E-state index contributed by atoms with van der Waals surface area (Å²) in [6.07, 6.45) is 5.57. The van der Waals surface area contributed by atoms with Crippen molar-refractivity contribution in [2.75, 3.05) is 31.7 Å². The molecule has 0 saturated carbocycles. The van der Waals surface area contributed by atoms with Gasteiger partial charge in [-0.3, -0.25) is 14.5 Å². The molecule has 1 saturated heterocycles. The molecule has 1 fully saturated rings. The summed E-state index contributed by atoms with van der Waals surface area (Å²) in [6.45, 7) is 4.91. The van der Waals surface area contributed by atoms with Crippen molar-refractivity contribution in [3.63, 3.8) is 0 Å². The molecule has 0 aliphatic carbocycles. The average molecular weight is 465 g/mol. The van der Waals surface area contributed by atoms with Crippen LogP contribution in [-0.4, -0.2) is 47.9 Å². The van der Waals surface area contributed by atoms with Gasteiger partial charge in [0.15, 0.2) is 0 Å². The zero-order valence-corrected chi connectivity index (χ0v) is 19.6. The van der Waals surface area contributed by atoms with Crippen LogP contribution in [0.15, 0.2) is 45.2 Å². The molecule has 0 unspecified atom stereocenters. The van der Waals surface area contributed by atoms with Crippen LogP contribution in [0.25, 0.3) is 0 Å². The van der Waals surface area contributed by atoms with Gasteiger partial charge in [-0.25, -0.2) is 0 Å². The Bertz CT molecular complexity index is 914. The Morgan fingerprint density at radius 1 is 1.20 bits per heavy atom. The monoisotopic (exact) mass is 464 g/mol. The highest BCUT2D eigenvalue weighted by molar-refractivity contribution is 8.26. The van der Waals surface area contributed by atoms with Crippen LogP contribution in [0.3, 0.4) is 0 Å². The third-order valence-corrected chi connectivity index (χ3v) is 7.04. The van der Waals surface area contributed by atoms with Gasteiger partial charge in [-0.05, 0) is 37.6 Å². The van der Waals surface area contributed by atoms with Crippen molar-refractivity contribution in [3.8, 4) is 5.75 Å². The summed E-state index contributed by atoms with van der Waals surface area (Å²) in [5, 5.41) is 0.838. The van der Waals surface area contributed by atoms with E-state index in [4.69, 9.17) is 21.7 Å². The summed E-state index contributed by atoms with van der Waals surface area (Å²) < 4.78 is 11.1. The number of esters is 1.